The van der Waals surface area contributed by atoms with Gasteiger partial charge in [-0.05, 0) is 49.9 Å². The van der Waals surface area contributed by atoms with Crippen LogP contribution in [0.1, 0.15) is 60.9 Å². The van der Waals surface area contributed by atoms with Crippen LogP contribution in [0.3, 0.4) is 0 Å². The molecule has 0 spiro atoms. The fourth-order valence-corrected chi connectivity index (χ4v) is 3.41. The van der Waals surface area contributed by atoms with E-state index in [1.165, 1.54) is 12.1 Å². The van der Waals surface area contributed by atoms with Gasteiger partial charge in [0.15, 0.2) is 5.82 Å². The van der Waals surface area contributed by atoms with Crippen molar-refractivity contribution >= 4 is 0 Å². The zero-order valence-corrected chi connectivity index (χ0v) is 13.6. The van der Waals surface area contributed by atoms with Crippen molar-refractivity contribution in [2.45, 2.75) is 43.6 Å². The first kappa shape index (κ1) is 15.7. The lowest BCUT2D eigenvalue weighted by molar-refractivity contribution is 0.0940. The standard InChI is InChI=1S/C18H22FN3O2/c19-15-5-1-3-13(9-15)16(23)11-22-8-2-4-14(10-22)17-20-18(24-21-17)12-6-7-12/h1,3,5,9,12,14,16,23H,2,4,6-8,10-11H2/t14-,16-/m1/s1. The first-order chi connectivity index (χ1) is 11.7. The molecule has 1 aromatic heterocycles. The molecule has 2 heterocycles. The van der Waals surface area contributed by atoms with Crippen molar-refractivity contribution in [3.63, 3.8) is 0 Å². The Hall–Kier alpha value is -1.79. The van der Waals surface area contributed by atoms with Crippen molar-refractivity contribution in [3.05, 3.63) is 47.4 Å². The van der Waals surface area contributed by atoms with Gasteiger partial charge in [-0.1, -0.05) is 17.3 Å². The molecule has 1 saturated carbocycles. The van der Waals surface area contributed by atoms with Gasteiger partial charge in [-0.15, -0.1) is 0 Å². The lowest BCUT2D eigenvalue weighted by atomic mass is 9.96. The number of aromatic nitrogens is 2. The molecule has 6 heteroatoms. The number of aliphatic hydroxyl groups is 1. The summed E-state index contributed by atoms with van der Waals surface area (Å²) in [6.07, 6.45) is 3.69. The van der Waals surface area contributed by atoms with Gasteiger partial charge in [-0.2, -0.15) is 4.98 Å². The number of hydrogen-bond donors (Lipinski definition) is 1. The van der Waals surface area contributed by atoms with Gasteiger partial charge in [-0.3, -0.25) is 4.90 Å². The minimum absolute atomic E-state index is 0.245. The van der Waals surface area contributed by atoms with Crippen LogP contribution in [0, 0.1) is 5.82 Å². The summed E-state index contributed by atoms with van der Waals surface area (Å²) in [6.45, 7) is 2.22. The highest BCUT2D eigenvalue weighted by molar-refractivity contribution is 5.19. The quantitative estimate of drug-likeness (QED) is 0.912. The van der Waals surface area contributed by atoms with Crippen LogP contribution >= 0.6 is 0 Å². The topological polar surface area (TPSA) is 62.4 Å². The van der Waals surface area contributed by atoms with Crippen molar-refractivity contribution in [3.8, 4) is 0 Å². The van der Waals surface area contributed by atoms with Gasteiger partial charge in [0.25, 0.3) is 0 Å². The Kier molecular flexibility index (Phi) is 4.33. The Labute approximate surface area is 140 Å². The second-order valence-electron chi connectivity index (χ2n) is 6.93. The number of rotatable bonds is 5. The minimum Gasteiger partial charge on any atom is -0.387 e. The predicted molar refractivity (Wildman–Crippen MR) is 86.0 cm³/mol. The van der Waals surface area contributed by atoms with E-state index in [9.17, 15) is 9.50 Å². The largest absolute Gasteiger partial charge is 0.387 e. The Morgan fingerprint density at radius 3 is 2.96 bits per heavy atom. The van der Waals surface area contributed by atoms with E-state index in [4.69, 9.17) is 4.52 Å². The Balaban J connectivity index is 1.38. The molecule has 0 bridgehead atoms. The van der Waals surface area contributed by atoms with E-state index in [2.05, 4.69) is 15.0 Å². The molecule has 1 aliphatic heterocycles. The molecule has 1 aliphatic carbocycles. The maximum atomic E-state index is 13.3. The maximum absolute atomic E-state index is 13.3. The number of likely N-dealkylation sites (tertiary alicyclic amines) is 1. The summed E-state index contributed by atoms with van der Waals surface area (Å²) in [5.41, 5.74) is 0.618. The maximum Gasteiger partial charge on any atom is 0.229 e. The van der Waals surface area contributed by atoms with E-state index in [0.29, 0.717) is 18.0 Å². The Morgan fingerprint density at radius 1 is 1.29 bits per heavy atom. The van der Waals surface area contributed by atoms with Crippen molar-refractivity contribution in [1.82, 2.24) is 15.0 Å². The van der Waals surface area contributed by atoms with Gasteiger partial charge in [0.2, 0.25) is 5.89 Å². The molecule has 24 heavy (non-hydrogen) atoms. The summed E-state index contributed by atoms with van der Waals surface area (Å²) in [5, 5.41) is 14.5. The van der Waals surface area contributed by atoms with E-state index >= 15 is 0 Å². The molecule has 4 rings (SSSR count). The molecule has 0 radical (unpaired) electrons. The van der Waals surface area contributed by atoms with Gasteiger partial charge in [0.05, 0.1) is 6.10 Å². The first-order valence-electron chi connectivity index (χ1n) is 8.68. The first-order valence-corrected chi connectivity index (χ1v) is 8.68. The van der Waals surface area contributed by atoms with Crippen molar-refractivity contribution in [2.24, 2.45) is 0 Å². The highest BCUT2D eigenvalue weighted by Crippen LogP contribution is 2.39. The van der Waals surface area contributed by atoms with Crippen LogP contribution in [0.15, 0.2) is 28.8 Å². The highest BCUT2D eigenvalue weighted by atomic mass is 19.1. The molecule has 0 amide bonds. The number of nitrogens with zero attached hydrogens (tertiary/aromatic N) is 3. The summed E-state index contributed by atoms with van der Waals surface area (Å²) >= 11 is 0. The van der Waals surface area contributed by atoms with Crippen LogP contribution in [-0.4, -0.2) is 39.8 Å². The van der Waals surface area contributed by atoms with Gasteiger partial charge in [0, 0.05) is 24.9 Å². The second-order valence-corrected chi connectivity index (χ2v) is 6.93. The van der Waals surface area contributed by atoms with E-state index in [-0.39, 0.29) is 11.7 Å². The average molecular weight is 331 g/mol. The van der Waals surface area contributed by atoms with Gasteiger partial charge < -0.3 is 9.63 Å². The fraction of sp³-hybridized carbons (Fsp3) is 0.556. The number of β-amino-alcohol motifs (C(OH)–C–C–N with tert-alkyl or cyclic N) is 1. The van der Waals surface area contributed by atoms with Crippen LogP contribution < -0.4 is 0 Å². The molecular formula is C18H22FN3O2. The lowest BCUT2D eigenvalue weighted by Crippen LogP contribution is -2.37. The molecular weight excluding hydrogens is 309 g/mol. The summed E-state index contributed by atoms with van der Waals surface area (Å²) in [7, 11) is 0. The smallest absolute Gasteiger partial charge is 0.229 e. The van der Waals surface area contributed by atoms with Crippen LogP contribution in [0.25, 0.3) is 0 Å². The molecule has 0 unspecified atom stereocenters. The third-order valence-corrected chi connectivity index (χ3v) is 4.92. The van der Waals surface area contributed by atoms with Crippen LogP contribution in [0.2, 0.25) is 0 Å². The number of halogens is 1. The van der Waals surface area contributed by atoms with Crippen molar-refractivity contribution < 1.29 is 14.0 Å². The van der Waals surface area contributed by atoms with Crippen molar-refractivity contribution in [2.75, 3.05) is 19.6 Å². The Bertz CT molecular complexity index is 701. The molecule has 5 nitrogen and oxygen atoms in total. The lowest BCUT2D eigenvalue weighted by Gasteiger charge is -2.32. The van der Waals surface area contributed by atoms with Gasteiger partial charge in [0.1, 0.15) is 5.82 Å². The third-order valence-electron chi connectivity index (χ3n) is 4.92. The molecule has 2 aliphatic rings. The normalized spacial score (nSPS) is 23.3. The summed E-state index contributed by atoms with van der Waals surface area (Å²) in [6, 6.07) is 6.18. The number of piperidine rings is 1. The van der Waals surface area contributed by atoms with E-state index in [0.717, 1.165) is 50.5 Å². The summed E-state index contributed by atoms with van der Waals surface area (Å²) in [5.74, 6) is 1.97. The highest BCUT2D eigenvalue weighted by Gasteiger charge is 2.32. The zero-order chi connectivity index (χ0) is 16.5. The number of benzene rings is 1. The van der Waals surface area contributed by atoms with E-state index in [1.807, 2.05) is 0 Å². The van der Waals surface area contributed by atoms with Gasteiger partial charge >= 0.3 is 0 Å². The average Bonchev–Trinajstić information content (AvgIpc) is 3.32. The molecule has 2 aromatic rings. The van der Waals surface area contributed by atoms with Crippen LogP contribution in [0.4, 0.5) is 4.39 Å². The fourth-order valence-electron chi connectivity index (χ4n) is 3.41. The zero-order valence-electron chi connectivity index (χ0n) is 13.6. The van der Waals surface area contributed by atoms with Crippen LogP contribution in [0.5, 0.6) is 0 Å². The molecule has 1 saturated heterocycles. The molecule has 128 valence electrons. The number of aliphatic hydroxyl groups excluding tert-OH is 1. The summed E-state index contributed by atoms with van der Waals surface area (Å²) in [4.78, 5) is 6.77. The minimum atomic E-state index is -0.688. The van der Waals surface area contributed by atoms with Crippen LogP contribution in [-0.2, 0) is 0 Å². The predicted octanol–water partition coefficient (Wildman–Crippen LogP) is 3.00. The van der Waals surface area contributed by atoms with E-state index in [1.54, 1.807) is 12.1 Å². The third kappa shape index (κ3) is 3.49. The van der Waals surface area contributed by atoms with Crippen molar-refractivity contribution in [1.29, 1.82) is 0 Å². The number of hydrogen-bond acceptors (Lipinski definition) is 5. The monoisotopic (exact) mass is 331 g/mol. The summed E-state index contributed by atoms with van der Waals surface area (Å²) < 4.78 is 18.7. The molecule has 1 aromatic carbocycles. The molecule has 2 atom stereocenters. The Morgan fingerprint density at radius 2 is 2.17 bits per heavy atom. The second kappa shape index (κ2) is 6.61. The van der Waals surface area contributed by atoms with E-state index < -0.39 is 6.10 Å². The molecule has 2 fully saturated rings. The van der Waals surface area contributed by atoms with Gasteiger partial charge in [-0.25, -0.2) is 4.39 Å². The molecule has 1 N–H and O–H groups in total. The SMILES string of the molecule is O[C@H](CN1CCC[C@@H](c2noc(C3CC3)n2)C1)c1cccc(F)c1.